The van der Waals surface area contributed by atoms with Gasteiger partial charge in [-0.05, 0) is 42.9 Å². The van der Waals surface area contributed by atoms with Crippen molar-refractivity contribution in [2.75, 3.05) is 0 Å². The van der Waals surface area contributed by atoms with Gasteiger partial charge in [0, 0.05) is 12.1 Å². The number of hydrogen-bond donors (Lipinski definition) is 1. The molecule has 1 aromatic rings. The molecule has 106 valence electrons. The zero-order chi connectivity index (χ0) is 14.5. The highest BCUT2D eigenvalue weighted by atomic mass is 19.1. The molecule has 0 bridgehead atoms. The first-order chi connectivity index (χ1) is 8.84. The lowest BCUT2D eigenvalue weighted by Crippen LogP contribution is -2.37. The largest absolute Gasteiger partial charge is 0.307 e. The zero-order valence-electron chi connectivity index (χ0n) is 12.5. The molecule has 0 amide bonds. The number of nitrogens with one attached hydrogen (secondary N) is 1. The van der Waals surface area contributed by atoms with Crippen molar-refractivity contribution in [2.24, 2.45) is 5.41 Å². The first-order valence-corrected chi connectivity index (χ1v) is 6.97. The van der Waals surface area contributed by atoms with E-state index in [1.807, 2.05) is 18.2 Å². The van der Waals surface area contributed by atoms with E-state index in [-0.39, 0.29) is 17.3 Å². The highest BCUT2D eigenvalue weighted by Gasteiger charge is 2.27. The summed E-state index contributed by atoms with van der Waals surface area (Å²) in [7, 11) is 0. The molecule has 19 heavy (non-hydrogen) atoms. The predicted octanol–water partition coefficient (Wildman–Crippen LogP) is 4.86. The minimum absolute atomic E-state index is 0.0836. The van der Waals surface area contributed by atoms with Gasteiger partial charge in [-0.15, -0.1) is 6.58 Å². The molecule has 1 nitrogen and oxygen atoms in total. The maximum absolute atomic E-state index is 13.0. The third kappa shape index (κ3) is 5.15. The normalized spacial score (nSPS) is 15.0. The van der Waals surface area contributed by atoms with Gasteiger partial charge in [-0.3, -0.25) is 0 Å². The maximum atomic E-state index is 13.0. The number of rotatable bonds is 6. The number of benzene rings is 1. The summed E-state index contributed by atoms with van der Waals surface area (Å²) in [6.45, 7) is 12.6. The van der Waals surface area contributed by atoms with Crippen LogP contribution in [0.1, 0.15) is 52.1 Å². The average molecular weight is 263 g/mol. The second kappa shape index (κ2) is 6.85. The van der Waals surface area contributed by atoms with Crippen LogP contribution in [0.2, 0.25) is 0 Å². The van der Waals surface area contributed by atoms with E-state index in [2.05, 4.69) is 39.6 Å². The third-order valence-electron chi connectivity index (χ3n) is 3.32. The fourth-order valence-electron chi connectivity index (χ4n) is 2.24. The molecule has 0 saturated heterocycles. The lowest BCUT2D eigenvalue weighted by Gasteiger charge is -2.34. The van der Waals surface area contributed by atoms with E-state index in [4.69, 9.17) is 0 Å². The van der Waals surface area contributed by atoms with Crippen LogP contribution in [0.25, 0.3) is 0 Å². The summed E-state index contributed by atoms with van der Waals surface area (Å²) in [5.41, 5.74) is 1.22. The van der Waals surface area contributed by atoms with E-state index in [9.17, 15) is 4.39 Å². The number of allylic oxidation sites excluding steroid dienone is 1. The second-order valence-corrected chi connectivity index (χ2v) is 6.28. The van der Waals surface area contributed by atoms with Crippen LogP contribution in [-0.4, -0.2) is 6.04 Å². The summed E-state index contributed by atoms with van der Waals surface area (Å²) in [6.07, 6.45) is 4.02. The van der Waals surface area contributed by atoms with Crippen molar-refractivity contribution in [1.29, 1.82) is 0 Å². The van der Waals surface area contributed by atoms with Gasteiger partial charge < -0.3 is 5.32 Å². The molecular weight excluding hydrogens is 237 g/mol. The third-order valence-corrected chi connectivity index (χ3v) is 3.32. The predicted molar refractivity (Wildman–Crippen MR) is 80.6 cm³/mol. The van der Waals surface area contributed by atoms with Crippen molar-refractivity contribution in [3.05, 3.63) is 48.3 Å². The molecule has 2 heteroatoms. The van der Waals surface area contributed by atoms with Gasteiger partial charge in [0.15, 0.2) is 0 Å². The quantitative estimate of drug-likeness (QED) is 0.723. The van der Waals surface area contributed by atoms with Gasteiger partial charge in [0.25, 0.3) is 0 Å². The fraction of sp³-hybridized carbons (Fsp3) is 0.529. The molecule has 0 aliphatic carbocycles. The van der Waals surface area contributed by atoms with Crippen LogP contribution < -0.4 is 5.32 Å². The molecule has 1 aromatic carbocycles. The van der Waals surface area contributed by atoms with Crippen molar-refractivity contribution < 1.29 is 4.39 Å². The summed E-state index contributed by atoms with van der Waals surface area (Å²) >= 11 is 0. The van der Waals surface area contributed by atoms with Crippen LogP contribution in [0.4, 0.5) is 4.39 Å². The Bertz CT molecular complexity index is 389. The minimum atomic E-state index is -0.184. The standard InChI is InChI=1S/C17H26FN/c1-6-7-8-13(2)19-16(17(3,4)5)14-9-11-15(18)12-10-14/h6,9-13,16,19H,1,7-8H2,2-5H3. The van der Waals surface area contributed by atoms with Gasteiger partial charge in [0.1, 0.15) is 5.82 Å². The van der Waals surface area contributed by atoms with Crippen molar-refractivity contribution in [3.63, 3.8) is 0 Å². The van der Waals surface area contributed by atoms with Gasteiger partial charge in [0.05, 0.1) is 0 Å². The molecular formula is C17H26FN. The summed E-state index contributed by atoms with van der Waals surface area (Å²) < 4.78 is 13.0. The van der Waals surface area contributed by atoms with Crippen LogP contribution in [0, 0.1) is 11.2 Å². The minimum Gasteiger partial charge on any atom is -0.307 e. The first kappa shape index (κ1) is 15.9. The van der Waals surface area contributed by atoms with Crippen LogP contribution in [0.5, 0.6) is 0 Å². The lowest BCUT2D eigenvalue weighted by molar-refractivity contribution is 0.249. The van der Waals surface area contributed by atoms with Crippen LogP contribution >= 0.6 is 0 Å². The Balaban J connectivity index is 2.84. The van der Waals surface area contributed by atoms with Crippen molar-refractivity contribution in [3.8, 4) is 0 Å². The molecule has 2 atom stereocenters. The summed E-state index contributed by atoms with van der Waals surface area (Å²) in [6, 6.07) is 7.44. The Morgan fingerprint density at radius 2 is 1.84 bits per heavy atom. The van der Waals surface area contributed by atoms with E-state index < -0.39 is 0 Å². The monoisotopic (exact) mass is 263 g/mol. The summed E-state index contributed by atoms with van der Waals surface area (Å²) in [5, 5.41) is 3.66. The maximum Gasteiger partial charge on any atom is 0.123 e. The summed E-state index contributed by atoms with van der Waals surface area (Å²) in [5.74, 6) is -0.184. The molecule has 0 aliphatic rings. The van der Waals surface area contributed by atoms with E-state index >= 15 is 0 Å². The Labute approximate surface area is 116 Å². The van der Waals surface area contributed by atoms with E-state index in [1.54, 1.807) is 0 Å². The van der Waals surface area contributed by atoms with E-state index in [0.29, 0.717) is 6.04 Å². The van der Waals surface area contributed by atoms with Crippen LogP contribution in [0.3, 0.4) is 0 Å². The first-order valence-electron chi connectivity index (χ1n) is 6.97. The van der Waals surface area contributed by atoms with Crippen molar-refractivity contribution >= 4 is 0 Å². The van der Waals surface area contributed by atoms with E-state index in [0.717, 1.165) is 18.4 Å². The number of hydrogen-bond acceptors (Lipinski definition) is 1. The summed E-state index contributed by atoms with van der Waals surface area (Å²) in [4.78, 5) is 0. The SMILES string of the molecule is C=CCCC(C)NC(c1ccc(F)cc1)C(C)(C)C. The Morgan fingerprint density at radius 3 is 2.32 bits per heavy atom. The lowest BCUT2D eigenvalue weighted by atomic mass is 9.82. The van der Waals surface area contributed by atoms with Gasteiger partial charge in [-0.2, -0.15) is 0 Å². The van der Waals surface area contributed by atoms with Crippen LogP contribution in [-0.2, 0) is 0 Å². The van der Waals surface area contributed by atoms with Crippen molar-refractivity contribution in [2.45, 2.75) is 52.6 Å². The fourth-order valence-corrected chi connectivity index (χ4v) is 2.24. The Hall–Kier alpha value is -1.15. The zero-order valence-corrected chi connectivity index (χ0v) is 12.5. The molecule has 0 aromatic heterocycles. The molecule has 2 unspecified atom stereocenters. The van der Waals surface area contributed by atoms with Crippen LogP contribution in [0.15, 0.2) is 36.9 Å². The Morgan fingerprint density at radius 1 is 1.26 bits per heavy atom. The number of halogens is 1. The molecule has 0 spiro atoms. The smallest absolute Gasteiger partial charge is 0.123 e. The van der Waals surface area contributed by atoms with Gasteiger partial charge in [-0.1, -0.05) is 39.0 Å². The molecule has 1 N–H and O–H groups in total. The van der Waals surface area contributed by atoms with Crippen molar-refractivity contribution in [1.82, 2.24) is 5.32 Å². The van der Waals surface area contributed by atoms with Gasteiger partial charge >= 0.3 is 0 Å². The average Bonchev–Trinajstić information content (AvgIpc) is 2.33. The molecule has 1 rings (SSSR count). The van der Waals surface area contributed by atoms with E-state index in [1.165, 1.54) is 12.1 Å². The topological polar surface area (TPSA) is 12.0 Å². The van der Waals surface area contributed by atoms with Gasteiger partial charge in [-0.25, -0.2) is 4.39 Å². The van der Waals surface area contributed by atoms with Gasteiger partial charge in [0.2, 0.25) is 0 Å². The molecule has 0 aliphatic heterocycles. The molecule has 0 fully saturated rings. The highest BCUT2D eigenvalue weighted by molar-refractivity contribution is 5.21. The highest BCUT2D eigenvalue weighted by Crippen LogP contribution is 2.33. The molecule has 0 radical (unpaired) electrons. The Kier molecular flexibility index (Phi) is 5.74. The second-order valence-electron chi connectivity index (χ2n) is 6.28. The molecule has 0 saturated carbocycles. The molecule has 0 heterocycles.